The Hall–Kier alpha value is -1.22. The molecule has 3 heteroatoms. The normalized spacial score (nSPS) is 35.4. The van der Waals surface area contributed by atoms with Crippen LogP contribution in [0.25, 0.3) is 0 Å². The molecule has 0 amide bonds. The van der Waals surface area contributed by atoms with Gasteiger partial charge in [-0.2, -0.15) is 0 Å². The molecule has 1 N–H and O–H groups in total. The van der Waals surface area contributed by atoms with E-state index in [-0.39, 0.29) is 23.2 Å². The van der Waals surface area contributed by atoms with Crippen molar-refractivity contribution in [3.8, 4) is 11.5 Å². The Morgan fingerprint density at radius 3 is 2.75 bits per heavy atom. The number of aryl methyl sites for hydroxylation is 1. The third-order valence-electron chi connectivity index (χ3n) is 6.50. The predicted molar refractivity (Wildman–Crippen MR) is 94.8 cm³/mol. The van der Waals surface area contributed by atoms with Crippen LogP contribution in [0.2, 0.25) is 0 Å². The zero-order valence-electron chi connectivity index (χ0n) is 15.4. The summed E-state index contributed by atoms with van der Waals surface area (Å²) in [5.41, 5.74) is 1.98. The number of unbranched alkanes of at least 4 members (excludes halogenated alkanes) is 2. The third-order valence-corrected chi connectivity index (χ3v) is 6.50. The highest BCUT2D eigenvalue weighted by Gasteiger charge is 2.65. The van der Waals surface area contributed by atoms with E-state index in [0.717, 1.165) is 37.0 Å². The summed E-state index contributed by atoms with van der Waals surface area (Å²) in [7, 11) is 0. The Morgan fingerprint density at radius 1 is 1.21 bits per heavy atom. The van der Waals surface area contributed by atoms with Crippen molar-refractivity contribution in [1.29, 1.82) is 0 Å². The molecule has 0 aromatic heterocycles. The number of fused-ring (bicyclic) bond motifs is 5. The fraction of sp³-hybridized carbons (Fsp3) is 0.714. The standard InChI is InChI=1S/C21H30O3/c1-5-6-7-8-13-11-15(22)18-16(12-13)23-20(2,3)14-9-10-21(4)19(24-21)17(14)18/h11-12,14,17,19,22H,5-10H2,1-4H3/t14-,17-,19-,21+/m0/s1. The molecule has 0 bridgehead atoms. The first-order valence-corrected chi connectivity index (χ1v) is 9.58. The second-order valence-corrected chi connectivity index (χ2v) is 8.71. The highest BCUT2D eigenvalue weighted by molar-refractivity contribution is 5.53. The lowest BCUT2D eigenvalue weighted by Crippen LogP contribution is -2.49. The minimum absolute atomic E-state index is 0.0120. The van der Waals surface area contributed by atoms with Crippen molar-refractivity contribution >= 4 is 0 Å². The molecule has 1 aliphatic carbocycles. The van der Waals surface area contributed by atoms with Crippen molar-refractivity contribution in [3.63, 3.8) is 0 Å². The average Bonchev–Trinajstić information content (AvgIpc) is 3.18. The molecule has 0 radical (unpaired) electrons. The summed E-state index contributed by atoms with van der Waals surface area (Å²) < 4.78 is 12.5. The Labute approximate surface area is 145 Å². The molecular formula is C21H30O3. The van der Waals surface area contributed by atoms with Gasteiger partial charge in [0.25, 0.3) is 0 Å². The number of benzene rings is 1. The molecule has 1 aromatic carbocycles. The Bertz CT molecular complexity index is 651. The lowest BCUT2D eigenvalue weighted by molar-refractivity contribution is -0.00595. The molecular weight excluding hydrogens is 300 g/mol. The maximum atomic E-state index is 10.8. The fourth-order valence-electron chi connectivity index (χ4n) is 5.04. The summed E-state index contributed by atoms with van der Waals surface area (Å²) in [5.74, 6) is 1.95. The van der Waals surface area contributed by atoms with Gasteiger partial charge in [-0.05, 0) is 64.2 Å². The van der Waals surface area contributed by atoms with Gasteiger partial charge >= 0.3 is 0 Å². The first kappa shape index (κ1) is 16.3. The van der Waals surface area contributed by atoms with Gasteiger partial charge in [-0.1, -0.05) is 19.8 Å². The highest BCUT2D eigenvalue weighted by atomic mass is 16.6. The molecule has 4 atom stereocenters. The summed E-state index contributed by atoms with van der Waals surface area (Å²) in [6.07, 6.45) is 7.02. The van der Waals surface area contributed by atoms with E-state index in [0.29, 0.717) is 11.7 Å². The van der Waals surface area contributed by atoms with E-state index >= 15 is 0 Å². The van der Waals surface area contributed by atoms with E-state index in [1.54, 1.807) is 0 Å². The molecule has 132 valence electrons. The molecule has 2 heterocycles. The van der Waals surface area contributed by atoms with Crippen LogP contribution >= 0.6 is 0 Å². The summed E-state index contributed by atoms with van der Waals surface area (Å²) in [6.45, 7) is 8.82. The fourth-order valence-corrected chi connectivity index (χ4v) is 5.04. The van der Waals surface area contributed by atoms with Crippen molar-refractivity contribution in [2.45, 2.75) is 89.4 Å². The molecule has 2 fully saturated rings. The number of epoxide rings is 1. The van der Waals surface area contributed by atoms with Gasteiger partial charge in [-0.25, -0.2) is 0 Å². The Kier molecular flexibility index (Phi) is 3.65. The van der Waals surface area contributed by atoms with Crippen LogP contribution in [0.15, 0.2) is 12.1 Å². The second-order valence-electron chi connectivity index (χ2n) is 8.71. The quantitative estimate of drug-likeness (QED) is 0.627. The maximum Gasteiger partial charge on any atom is 0.127 e. The average molecular weight is 330 g/mol. The van der Waals surface area contributed by atoms with Gasteiger partial charge in [0.15, 0.2) is 0 Å². The minimum atomic E-state index is -0.209. The molecule has 1 saturated heterocycles. The van der Waals surface area contributed by atoms with Crippen LogP contribution < -0.4 is 4.74 Å². The first-order chi connectivity index (χ1) is 11.4. The first-order valence-electron chi connectivity index (χ1n) is 9.58. The second kappa shape index (κ2) is 5.39. The predicted octanol–water partition coefficient (Wildman–Crippen LogP) is 4.95. The number of aromatic hydroxyl groups is 1. The van der Waals surface area contributed by atoms with Crippen LogP contribution in [0, 0.1) is 5.92 Å². The van der Waals surface area contributed by atoms with Crippen LogP contribution in [-0.2, 0) is 11.2 Å². The van der Waals surface area contributed by atoms with E-state index in [2.05, 4.69) is 33.8 Å². The number of hydrogen-bond acceptors (Lipinski definition) is 3. The van der Waals surface area contributed by atoms with E-state index in [1.807, 2.05) is 6.07 Å². The lowest BCUT2D eigenvalue weighted by atomic mass is 9.64. The highest BCUT2D eigenvalue weighted by Crippen LogP contribution is 2.63. The van der Waals surface area contributed by atoms with Crippen LogP contribution in [0.4, 0.5) is 0 Å². The van der Waals surface area contributed by atoms with Gasteiger partial charge in [0.1, 0.15) is 17.1 Å². The van der Waals surface area contributed by atoms with Crippen LogP contribution in [-0.4, -0.2) is 22.4 Å². The van der Waals surface area contributed by atoms with E-state index in [9.17, 15) is 5.11 Å². The van der Waals surface area contributed by atoms with Crippen molar-refractivity contribution in [1.82, 2.24) is 0 Å². The van der Waals surface area contributed by atoms with Crippen molar-refractivity contribution < 1.29 is 14.6 Å². The zero-order valence-corrected chi connectivity index (χ0v) is 15.4. The third kappa shape index (κ3) is 2.44. The van der Waals surface area contributed by atoms with Gasteiger partial charge in [-0.3, -0.25) is 0 Å². The van der Waals surface area contributed by atoms with Gasteiger partial charge < -0.3 is 14.6 Å². The van der Waals surface area contributed by atoms with Crippen molar-refractivity contribution in [2.24, 2.45) is 5.92 Å². The number of phenols is 1. The number of hydrogen-bond donors (Lipinski definition) is 1. The molecule has 4 rings (SSSR count). The number of ether oxygens (including phenoxy) is 2. The largest absolute Gasteiger partial charge is 0.508 e. The lowest BCUT2D eigenvalue weighted by Gasteiger charge is -2.47. The molecule has 3 nitrogen and oxygen atoms in total. The maximum absolute atomic E-state index is 10.8. The van der Waals surface area contributed by atoms with Crippen molar-refractivity contribution in [2.75, 3.05) is 0 Å². The number of rotatable bonds is 4. The van der Waals surface area contributed by atoms with Crippen LogP contribution in [0.3, 0.4) is 0 Å². The Balaban J connectivity index is 1.71. The monoisotopic (exact) mass is 330 g/mol. The summed E-state index contributed by atoms with van der Waals surface area (Å²) in [6, 6.07) is 4.12. The topological polar surface area (TPSA) is 42.0 Å². The number of phenolic OH excluding ortho intramolecular Hbond substituents is 1. The van der Waals surface area contributed by atoms with E-state index < -0.39 is 0 Å². The molecule has 3 aliphatic rings. The summed E-state index contributed by atoms with van der Waals surface area (Å²) >= 11 is 0. The Morgan fingerprint density at radius 2 is 2.00 bits per heavy atom. The van der Waals surface area contributed by atoms with Gasteiger partial charge in [0, 0.05) is 17.4 Å². The summed E-state index contributed by atoms with van der Waals surface area (Å²) in [5, 5.41) is 10.8. The molecule has 1 aromatic rings. The summed E-state index contributed by atoms with van der Waals surface area (Å²) in [4.78, 5) is 0. The van der Waals surface area contributed by atoms with Gasteiger partial charge in [-0.15, -0.1) is 0 Å². The van der Waals surface area contributed by atoms with Crippen LogP contribution in [0.1, 0.15) is 76.8 Å². The molecule has 1 saturated carbocycles. The van der Waals surface area contributed by atoms with Gasteiger partial charge in [0.2, 0.25) is 0 Å². The zero-order chi connectivity index (χ0) is 17.1. The SMILES string of the molecule is CCCCCc1cc(O)c2c(c1)OC(C)(C)[C@H]1CC[C@@]3(C)O[C@H]3[C@H]21. The molecule has 0 spiro atoms. The smallest absolute Gasteiger partial charge is 0.127 e. The molecule has 24 heavy (non-hydrogen) atoms. The van der Waals surface area contributed by atoms with Crippen LogP contribution in [0.5, 0.6) is 11.5 Å². The molecule has 0 unspecified atom stereocenters. The van der Waals surface area contributed by atoms with E-state index in [4.69, 9.17) is 9.47 Å². The minimum Gasteiger partial charge on any atom is -0.508 e. The molecule has 2 aliphatic heterocycles. The van der Waals surface area contributed by atoms with Gasteiger partial charge in [0.05, 0.1) is 11.7 Å². The van der Waals surface area contributed by atoms with Crippen molar-refractivity contribution in [3.05, 3.63) is 23.3 Å². The van der Waals surface area contributed by atoms with E-state index in [1.165, 1.54) is 18.4 Å².